The molecule has 0 unspecified atom stereocenters. The normalized spacial score (nSPS) is 27.4. The van der Waals surface area contributed by atoms with Gasteiger partial charge in [-0.05, 0) is 55.9 Å². The number of aliphatic hydroxyl groups excluding tert-OH is 1. The van der Waals surface area contributed by atoms with E-state index in [1.807, 2.05) is 54.0 Å². The first-order chi connectivity index (χ1) is 15.6. The molecule has 32 heavy (non-hydrogen) atoms. The van der Waals surface area contributed by atoms with Crippen molar-refractivity contribution in [3.63, 3.8) is 0 Å². The van der Waals surface area contributed by atoms with Crippen molar-refractivity contribution >= 4 is 11.5 Å². The summed E-state index contributed by atoms with van der Waals surface area (Å²) in [5.41, 5.74) is 3.84. The molecule has 6 heteroatoms. The summed E-state index contributed by atoms with van der Waals surface area (Å²) in [6.07, 6.45) is 6.47. The van der Waals surface area contributed by atoms with Crippen LogP contribution in [0.4, 0.5) is 0 Å². The second kappa shape index (κ2) is 8.68. The summed E-state index contributed by atoms with van der Waals surface area (Å²) in [4.78, 5) is 26.8. The molecule has 2 bridgehead atoms. The van der Waals surface area contributed by atoms with Crippen LogP contribution in [0.2, 0.25) is 0 Å². The fourth-order valence-electron chi connectivity index (χ4n) is 5.71. The van der Waals surface area contributed by atoms with E-state index < -0.39 is 5.92 Å². The minimum atomic E-state index is -0.427. The number of hydrogen-bond donors (Lipinski definition) is 3. The summed E-state index contributed by atoms with van der Waals surface area (Å²) in [6, 6.07) is 13.3. The highest BCUT2D eigenvalue weighted by molar-refractivity contribution is 5.81. The second-order valence-electron chi connectivity index (χ2n) is 9.33. The quantitative estimate of drug-likeness (QED) is 0.677. The van der Waals surface area contributed by atoms with Crippen LogP contribution in [-0.2, 0) is 11.3 Å². The van der Waals surface area contributed by atoms with E-state index in [1.165, 1.54) is 6.42 Å². The van der Waals surface area contributed by atoms with Crippen molar-refractivity contribution in [3.05, 3.63) is 75.7 Å². The predicted octanol–water partition coefficient (Wildman–Crippen LogP) is 2.93. The van der Waals surface area contributed by atoms with Gasteiger partial charge in [-0.15, -0.1) is 0 Å². The van der Waals surface area contributed by atoms with Crippen molar-refractivity contribution in [1.29, 1.82) is 0 Å². The minimum Gasteiger partial charge on any atom is -0.396 e. The van der Waals surface area contributed by atoms with Gasteiger partial charge in [-0.2, -0.15) is 0 Å². The summed E-state index contributed by atoms with van der Waals surface area (Å²) in [7, 11) is 0. The standard InChI is InChI=1S/C26H31N3O3/c1-16(17-8-4-2-5-9-17)27-25(31)23-20(15-30)21-14-29-22(24(23)28-21)13-12-19(26(29)32)18-10-6-3-7-11-18/h2,4-5,8-10,12-13,16,20-21,23-24,28,30H,3,6-7,11,14-15H2,1H3,(H,27,31)/t16-,20+,21+,23-,24-/m1/s1. The molecular formula is C26H31N3O3. The van der Waals surface area contributed by atoms with Crippen LogP contribution in [-0.4, -0.2) is 28.2 Å². The van der Waals surface area contributed by atoms with Gasteiger partial charge in [0, 0.05) is 36.4 Å². The van der Waals surface area contributed by atoms with Crippen molar-refractivity contribution in [2.24, 2.45) is 11.8 Å². The topological polar surface area (TPSA) is 83.4 Å². The van der Waals surface area contributed by atoms with Gasteiger partial charge in [-0.3, -0.25) is 9.59 Å². The summed E-state index contributed by atoms with van der Waals surface area (Å²) in [6.45, 7) is 2.36. The van der Waals surface area contributed by atoms with Crippen LogP contribution in [0, 0.1) is 11.8 Å². The number of pyridine rings is 1. The average Bonchev–Trinajstić information content (AvgIpc) is 3.13. The lowest BCUT2D eigenvalue weighted by Crippen LogP contribution is -2.44. The van der Waals surface area contributed by atoms with Crippen molar-refractivity contribution in [3.8, 4) is 0 Å². The van der Waals surface area contributed by atoms with Gasteiger partial charge in [0.15, 0.2) is 0 Å². The SMILES string of the molecule is C[C@@H](NC(=O)[C@@H]1[C@@H](CO)[C@@H]2Cn3c(ccc(C4=CCCCC4)c3=O)[C@H]1N2)c1ccccc1. The van der Waals surface area contributed by atoms with Crippen LogP contribution >= 0.6 is 0 Å². The van der Waals surface area contributed by atoms with E-state index in [4.69, 9.17) is 0 Å². The molecule has 3 heterocycles. The molecule has 5 rings (SSSR count). The fraction of sp³-hybridized carbons (Fsp3) is 0.462. The number of hydrogen-bond acceptors (Lipinski definition) is 4. The molecule has 0 spiro atoms. The number of carbonyl (C=O) groups excluding carboxylic acids is 1. The smallest absolute Gasteiger partial charge is 0.258 e. The number of aliphatic hydroxyl groups is 1. The molecule has 0 saturated carbocycles. The number of aromatic nitrogens is 1. The van der Waals surface area contributed by atoms with Crippen LogP contribution in [0.3, 0.4) is 0 Å². The number of benzene rings is 1. The van der Waals surface area contributed by atoms with Crippen molar-refractivity contribution < 1.29 is 9.90 Å². The minimum absolute atomic E-state index is 0.0301. The van der Waals surface area contributed by atoms with Gasteiger partial charge in [-0.25, -0.2) is 0 Å². The Morgan fingerprint density at radius 2 is 2.03 bits per heavy atom. The largest absolute Gasteiger partial charge is 0.396 e. The first kappa shape index (κ1) is 21.2. The molecule has 0 radical (unpaired) electrons. The summed E-state index contributed by atoms with van der Waals surface area (Å²) >= 11 is 0. The van der Waals surface area contributed by atoms with Gasteiger partial charge < -0.3 is 20.3 Å². The molecule has 1 aromatic carbocycles. The Kier molecular flexibility index (Phi) is 5.74. The van der Waals surface area contributed by atoms with Crippen molar-refractivity contribution in [2.75, 3.05) is 6.61 Å². The zero-order valence-corrected chi connectivity index (χ0v) is 18.5. The van der Waals surface area contributed by atoms with Gasteiger partial charge in [0.25, 0.3) is 5.56 Å². The van der Waals surface area contributed by atoms with Crippen molar-refractivity contribution in [2.45, 2.75) is 57.3 Å². The number of carbonyl (C=O) groups is 1. The molecule has 1 fully saturated rings. The number of allylic oxidation sites excluding steroid dienone is 2. The Labute approximate surface area is 188 Å². The maximum absolute atomic E-state index is 13.4. The Bertz CT molecular complexity index is 1090. The van der Waals surface area contributed by atoms with Gasteiger partial charge in [0.05, 0.1) is 18.0 Å². The highest BCUT2D eigenvalue weighted by atomic mass is 16.3. The number of nitrogens with zero attached hydrogens (tertiary/aromatic N) is 1. The maximum Gasteiger partial charge on any atom is 0.258 e. The molecular weight excluding hydrogens is 402 g/mol. The van der Waals surface area contributed by atoms with Gasteiger partial charge >= 0.3 is 0 Å². The van der Waals surface area contributed by atoms with Crippen LogP contribution < -0.4 is 16.2 Å². The third-order valence-electron chi connectivity index (χ3n) is 7.45. The monoisotopic (exact) mass is 433 g/mol. The highest BCUT2D eigenvalue weighted by Crippen LogP contribution is 2.41. The fourth-order valence-corrected chi connectivity index (χ4v) is 5.71. The Morgan fingerprint density at radius 3 is 2.75 bits per heavy atom. The van der Waals surface area contributed by atoms with E-state index in [2.05, 4.69) is 16.7 Å². The van der Waals surface area contributed by atoms with Gasteiger partial charge in [0.1, 0.15) is 0 Å². The van der Waals surface area contributed by atoms with E-state index in [0.29, 0.717) is 6.54 Å². The molecule has 3 N–H and O–H groups in total. The number of rotatable bonds is 5. The first-order valence-electron chi connectivity index (χ1n) is 11.7. The van der Waals surface area contributed by atoms with Gasteiger partial charge in [-0.1, -0.05) is 36.4 Å². The molecule has 2 aliphatic heterocycles. The lowest BCUT2D eigenvalue weighted by molar-refractivity contribution is -0.127. The predicted molar refractivity (Wildman–Crippen MR) is 124 cm³/mol. The van der Waals surface area contributed by atoms with E-state index >= 15 is 0 Å². The molecule has 1 amide bonds. The summed E-state index contributed by atoms with van der Waals surface area (Å²) < 4.78 is 1.84. The summed E-state index contributed by atoms with van der Waals surface area (Å²) in [5, 5.41) is 16.8. The van der Waals surface area contributed by atoms with E-state index in [1.54, 1.807) is 0 Å². The Balaban J connectivity index is 1.45. The molecule has 1 aromatic heterocycles. The van der Waals surface area contributed by atoms with E-state index in [9.17, 15) is 14.7 Å². The third kappa shape index (κ3) is 3.61. The molecule has 6 nitrogen and oxygen atoms in total. The second-order valence-corrected chi connectivity index (χ2v) is 9.33. The third-order valence-corrected chi connectivity index (χ3v) is 7.45. The van der Waals surface area contributed by atoms with E-state index in [0.717, 1.165) is 41.7 Å². The number of amides is 1. The molecule has 1 aliphatic carbocycles. The number of fused-ring (bicyclic) bond motifs is 4. The molecule has 2 aromatic rings. The van der Waals surface area contributed by atoms with Crippen molar-refractivity contribution in [1.82, 2.24) is 15.2 Å². The van der Waals surface area contributed by atoms with Crippen LogP contribution in [0.1, 0.15) is 61.5 Å². The molecule has 1 saturated heterocycles. The summed E-state index contributed by atoms with van der Waals surface area (Å²) in [5.74, 6) is -0.746. The zero-order valence-electron chi connectivity index (χ0n) is 18.5. The highest BCUT2D eigenvalue weighted by Gasteiger charge is 2.51. The van der Waals surface area contributed by atoms with E-state index in [-0.39, 0.29) is 42.1 Å². The van der Waals surface area contributed by atoms with Crippen LogP contribution in [0.5, 0.6) is 0 Å². The molecule has 3 aliphatic rings. The zero-order chi connectivity index (χ0) is 22.2. The average molecular weight is 434 g/mol. The lowest BCUT2D eigenvalue weighted by atomic mass is 9.86. The molecule has 168 valence electrons. The first-order valence-corrected chi connectivity index (χ1v) is 11.7. The Morgan fingerprint density at radius 1 is 1.22 bits per heavy atom. The van der Waals surface area contributed by atoms with Crippen LogP contribution in [0.15, 0.2) is 53.3 Å². The maximum atomic E-state index is 13.4. The molecule has 5 atom stereocenters. The van der Waals surface area contributed by atoms with Gasteiger partial charge in [0.2, 0.25) is 5.91 Å². The lowest BCUT2D eigenvalue weighted by Gasteiger charge is -2.29. The Hall–Kier alpha value is -2.70. The van der Waals surface area contributed by atoms with Crippen LogP contribution in [0.25, 0.3) is 5.57 Å². The number of nitrogens with one attached hydrogen (secondary N) is 2.